The third-order valence-electron chi connectivity index (χ3n) is 5.19. The van der Waals surface area contributed by atoms with E-state index in [2.05, 4.69) is 0 Å². The van der Waals surface area contributed by atoms with Crippen molar-refractivity contribution in [2.45, 2.75) is 25.7 Å². The lowest BCUT2D eigenvalue weighted by molar-refractivity contribution is -0.124. The molecule has 0 saturated heterocycles. The molecule has 10 heavy (non-hydrogen) atoms. The number of hydrogen-bond donors (Lipinski definition) is 0. The van der Waals surface area contributed by atoms with Crippen molar-refractivity contribution in [3.05, 3.63) is 0 Å². The molecule has 0 heterocycles. The lowest BCUT2D eigenvalue weighted by atomic mass is 9.45. The smallest absolute Gasteiger partial charge is 0.0318 e. The quantitative estimate of drug-likeness (QED) is 0.477. The van der Waals surface area contributed by atoms with Crippen molar-refractivity contribution in [3.63, 3.8) is 0 Å². The monoisotopic (exact) mass is 134 g/mol. The maximum atomic E-state index is 1.62. The van der Waals surface area contributed by atoms with Crippen LogP contribution in [0.4, 0.5) is 0 Å². The van der Waals surface area contributed by atoms with Crippen LogP contribution in [-0.2, 0) is 0 Å². The van der Waals surface area contributed by atoms with E-state index in [-0.39, 0.29) is 0 Å². The van der Waals surface area contributed by atoms with Crippen LogP contribution in [0.1, 0.15) is 25.7 Å². The van der Waals surface area contributed by atoms with Gasteiger partial charge in [0.15, 0.2) is 0 Å². The van der Waals surface area contributed by atoms with Crippen molar-refractivity contribution in [2.24, 2.45) is 35.5 Å². The Labute approximate surface area is 62.0 Å². The Morgan fingerprint density at radius 1 is 0.500 bits per heavy atom. The van der Waals surface area contributed by atoms with Gasteiger partial charge in [0.25, 0.3) is 0 Å². The minimum absolute atomic E-state index is 1.24. The van der Waals surface area contributed by atoms with E-state index in [1.807, 2.05) is 0 Å². The fourth-order valence-electron chi connectivity index (χ4n) is 5.02. The summed E-state index contributed by atoms with van der Waals surface area (Å²) in [6.45, 7) is 0. The average Bonchev–Trinajstić information content (AvgIpc) is 2.10. The molecule has 0 aromatic heterocycles. The number of fused-ring (bicyclic) bond motifs is 2. The average molecular weight is 134 g/mol. The van der Waals surface area contributed by atoms with Crippen LogP contribution < -0.4 is 0 Å². The van der Waals surface area contributed by atoms with Crippen LogP contribution in [0.5, 0.6) is 0 Å². The third kappa shape index (κ3) is 0.271. The second kappa shape index (κ2) is 1.19. The van der Waals surface area contributed by atoms with Gasteiger partial charge >= 0.3 is 0 Å². The lowest BCUT2D eigenvalue weighted by Gasteiger charge is -2.59. The zero-order valence-electron chi connectivity index (χ0n) is 6.29. The van der Waals surface area contributed by atoms with E-state index in [0.717, 1.165) is 0 Å². The summed E-state index contributed by atoms with van der Waals surface area (Å²) >= 11 is 0. The minimum Gasteiger partial charge on any atom is -0.0496 e. The molecule has 0 amide bonds. The van der Waals surface area contributed by atoms with E-state index in [9.17, 15) is 0 Å². The predicted molar refractivity (Wildman–Crippen MR) is 39.4 cm³/mol. The van der Waals surface area contributed by atoms with E-state index in [0.29, 0.717) is 0 Å². The van der Waals surface area contributed by atoms with Crippen molar-refractivity contribution in [1.29, 1.82) is 0 Å². The molecule has 0 bridgehead atoms. The van der Waals surface area contributed by atoms with Gasteiger partial charge in [-0.3, -0.25) is 0 Å². The molecule has 0 aromatic carbocycles. The first-order valence-electron chi connectivity index (χ1n) is 4.97. The number of rotatable bonds is 0. The van der Waals surface area contributed by atoms with Gasteiger partial charge < -0.3 is 0 Å². The zero-order chi connectivity index (χ0) is 6.29. The largest absolute Gasteiger partial charge is 0.0496 e. The van der Waals surface area contributed by atoms with Crippen LogP contribution >= 0.6 is 0 Å². The zero-order valence-corrected chi connectivity index (χ0v) is 6.29. The molecule has 4 saturated carbocycles. The summed E-state index contributed by atoms with van der Waals surface area (Å²) in [5.74, 6) is 7.53. The molecule has 0 aliphatic heterocycles. The highest BCUT2D eigenvalue weighted by atomic mass is 14.7. The summed E-state index contributed by atoms with van der Waals surface area (Å²) in [6.07, 6.45) is 6.47. The van der Waals surface area contributed by atoms with Gasteiger partial charge in [0.05, 0.1) is 0 Å². The first-order valence-corrected chi connectivity index (χ1v) is 4.97. The highest BCUT2D eigenvalue weighted by Crippen LogP contribution is 2.76. The van der Waals surface area contributed by atoms with Crippen LogP contribution in [0.3, 0.4) is 0 Å². The summed E-state index contributed by atoms with van der Waals surface area (Å²) in [5.41, 5.74) is 0. The van der Waals surface area contributed by atoms with E-state index < -0.39 is 0 Å². The highest BCUT2D eigenvalue weighted by molar-refractivity contribution is 5.18. The van der Waals surface area contributed by atoms with Gasteiger partial charge in [0.2, 0.25) is 0 Å². The van der Waals surface area contributed by atoms with Crippen molar-refractivity contribution >= 4 is 0 Å². The molecule has 4 rings (SSSR count). The molecule has 0 radical (unpaired) electrons. The molecular weight excluding hydrogens is 120 g/mol. The second-order valence-corrected chi connectivity index (χ2v) is 4.96. The van der Waals surface area contributed by atoms with Gasteiger partial charge in [-0.2, -0.15) is 0 Å². The van der Waals surface area contributed by atoms with Crippen molar-refractivity contribution < 1.29 is 0 Å². The molecule has 0 spiro atoms. The normalized spacial score (nSPS) is 74.4. The molecular formula is C10H14. The molecule has 4 aliphatic rings. The Hall–Kier alpha value is 0. The van der Waals surface area contributed by atoms with Gasteiger partial charge in [-0.25, -0.2) is 0 Å². The molecule has 54 valence electrons. The van der Waals surface area contributed by atoms with Crippen LogP contribution in [-0.4, -0.2) is 0 Å². The molecule has 0 aromatic rings. The van der Waals surface area contributed by atoms with Gasteiger partial charge in [-0.05, 0) is 61.2 Å². The summed E-state index contributed by atoms with van der Waals surface area (Å²) in [4.78, 5) is 0. The van der Waals surface area contributed by atoms with E-state index in [1.54, 1.807) is 25.7 Å². The second-order valence-electron chi connectivity index (χ2n) is 4.96. The standard InChI is InChI=1S/C10H14/c1-2-6-8-4-3-7-5(1)9(6)10(7)8/h5-10H,1-4H2/t5-,6-,7-,8+,9?,10?/m0/s1. The summed E-state index contributed by atoms with van der Waals surface area (Å²) in [6, 6.07) is 0. The molecule has 0 N–H and O–H groups in total. The molecule has 4 fully saturated rings. The summed E-state index contributed by atoms with van der Waals surface area (Å²) < 4.78 is 0. The van der Waals surface area contributed by atoms with Crippen LogP contribution in [0.25, 0.3) is 0 Å². The SMILES string of the molecule is C1C[C@@H]2C3C4[C@@H](CC[C@@H]42)[C@H]13. The van der Waals surface area contributed by atoms with E-state index in [1.165, 1.54) is 35.5 Å². The minimum atomic E-state index is 1.24. The summed E-state index contributed by atoms with van der Waals surface area (Å²) in [5, 5.41) is 0. The Morgan fingerprint density at radius 2 is 0.800 bits per heavy atom. The van der Waals surface area contributed by atoms with E-state index >= 15 is 0 Å². The first-order chi connectivity index (χ1) is 4.97. The molecule has 2 unspecified atom stereocenters. The Balaban J connectivity index is 1.87. The Morgan fingerprint density at radius 3 is 1.10 bits per heavy atom. The molecule has 0 nitrogen and oxygen atoms in total. The van der Waals surface area contributed by atoms with Crippen LogP contribution in [0, 0.1) is 35.5 Å². The van der Waals surface area contributed by atoms with Crippen molar-refractivity contribution in [2.75, 3.05) is 0 Å². The van der Waals surface area contributed by atoms with Crippen LogP contribution in [0.15, 0.2) is 0 Å². The lowest BCUT2D eigenvalue weighted by Crippen LogP contribution is -2.55. The van der Waals surface area contributed by atoms with Crippen molar-refractivity contribution in [1.82, 2.24) is 0 Å². The van der Waals surface area contributed by atoms with Gasteiger partial charge in [0.1, 0.15) is 0 Å². The van der Waals surface area contributed by atoms with Crippen LogP contribution in [0.2, 0.25) is 0 Å². The highest BCUT2D eigenvalue weighted by Gasteiger charge is 2.70. The van der Waals surface area contributed by atoms with Gasteiger partial charge in [0, 0.05) is 0 Å². The maximum Gasteiger partial charge on any atom is -0.0318 e. The summed E-state index contributed by atoms with van der Waals surface area (Å²) in [7, 11) is 0. The molecule has 6 atom stereocenters. The number of hydrogen-bond acceptors (Lipinski definition) is 0. The maximum absolute atomic E-state index is 1.62. The molecule has 4 aliphatic carbocycles. The Bertz CT molecular complexity index is 131. The van der Waals surface area contributed by atoms with E-state index in [4.69, 9.17) is 0 Å². The van der Waals surface area contributed by atoms with Gasteiger partial charge in [-0.1, -0.05) is 0 Å². The third-order valence-corrected chi connectivity index (χ3v) is 5.19. The molecule has 0 heteroatoms. The van der Waals surface area contributed by atoms with Gasteiger partial charge in [-0.15, -0.1) is 0 Å². The first kappa shape index (κ1) is 4.79. The van der Waals surface area contributed by atoms with Crippen molar-refractivity contribution in [3.8, 4) is 0 Å². The predicted octanol–water partition coefficient (Wildman–Crippen LogP) is 2.30. The Kier molecular flexibility index (Phi) is 0.570. The fraction of sp³-hybridized carbons (Fsp3) is 1.00. The topological polar surface area (TPSA) is 0 Å². The fourth-order valence-corrected chi connectivity index (χ4v) is 5.02.